The molecule has 0 spiro atoms. The van der Waals surface area contributed by atoms with Crippen LogP contribution in [0.3, 0.4) is 0 Å². The lowest BCUT2D eigenvalue weighted by molar-refractivity contribution is 0.0781. The summed E-state index contributed by atoms with van der Waals surface area (Å²) in [5, 5.41) is 16.3. The van der Waals surface area contributed by atoms with Gasteiger partial charge in [-0.25, -0.2) is 0 Å². The van der Waals surface area contributed by atoms with Gasteiger partial charge in [-0.2, -0.15) is 10.2 Å². The second kappa shape index (κ2) is 4.35. The van der Waals surface area contributed by atoms with E-state index in [0.717, 1.165) is 6.42 Å². The Labute approximate surface area is 87.7 Å². The van der Waals surface area contributed by atoms with Gasteiger partial charge in [-0.15, -0.1) is 0 Å². The van der Waals surface area contributed by atoms with E-state index in [1.807, 2.05) is 0 Å². The number of likely N-dealkylation sites (tertiary alicyclic amines) is 1. The van der Waals surface area contributed by atoms with Gasteiger partial charge in [0.25, 0.3) is 5.91 Å². The van der Waals surface area contributed by atoms with Crippen LogP contribution in [0.25, 0.3) is 0 Å². The molecule has 1 aromatic heterocycles. The Balaban J connectivity index is 2.04. The Morgan fingerprint density at radius 2 is 2.47 bits per heavy atom. The van der Waals surface area contributed by atoms with Crippen molar-refractivity contribution in [3.8, 4) is 0 Å². The number of carbonyl (C=O) groups is 1. The van der Waals surface area contributed by atoms with Gasteiger partial charge in [0.05, 0.1) is 18.0 Å². The summed E-state index contributed by atoms with van der Waals surface area (Å²) in [7, 11) is 0. The Morgan fingerprint density at radius 3 is 3.07 bits per heavy atom. The maximum atomic E-state index is 11.9. The van der Waals surface area contributed by atoms with Crippen LogP contribution in [0, 0.1) is 5.92 Å². The number of amides is 1. The van der Waals surface area contributed by atoms with Crippen molar-refractivity contribution in [2.75, 3.05) is 19.7 Å². The van der Waals surface area contributed by atoms with Crippen LogP contribution >= 0.6 is 0 Å². The predicted octanol–water partition coefficient (Wildman–Crippen LogP) is -0.0690. The highest BCUT2D eigenvalue weighted by atomic mass is 16.3. The van der Waals surface area contributed by atoms with E-state index >= 15 is 0 Å². The average Bonchev–Trinajstić information content (AvgIpc) is 2.78. The highest BCUT2D eigenvalue weighted by Gasteiger charge is 2.26. The monoisotopic (exact) mass is 207 g/mol. The highest BCUT2D eigenvalue weighted by molar-refractivity contribution is 5.93. The maximum absolute atomic E-state index is 11.9. The summed E-state index contributed by atoms with van der Waals surface area (Å²) in [4.78, 5) is 13.6. The smallest absolute Gasteiger partial charge is 0.255 e. The van der Waals surface area contributed by atoms with E-state index in [4.69, 9.17) is 5.11 Å². The standard InChI is InChI=1S/C10H13N3O2/c14-7-8-2-4-13(6-8)10(15)9-1-3-11-12-5-9/h1,3,5,8,14H,2,4,6-7H2. The van der Waals surface area contributed by atoms with Gasteiger partial charge in [0.1, 0.15) is 0 Å². The van der Waals surface area contributed by atoms with Gasteiger partial charge in [0.15, 0.2) is 0 Å². The van der Waals surface area contributed by atoms with Crippen molar-refractivity contribution in [1.82, 2.24) is 15.1 Å². The van der Waals surface area contributed by atoms with Crippen molar-refractivity contribution < 1.29 is 9.90 Å². The first-order valence-electron chi connectivity index (χ1n) is 4.98. The second-order valence-electron chi connectivity index (χ2n) is 3.72. The molecule has 5 heteroatoms. The van der Waals surface area contributed by atoms with Crippen LogP contribution < -0.4 is 0 Å². The lowest BCUT2D eigenvalue weighted by Gasteiger charge is -2.15. The third-order valence-electron chi connectivity index (χ3n) is 2.66. The molecule has 1 saturated heterocycles. The van der Waals surface area contributed by atoms with E-state index in [2.05, 4.69) is 10.2 Å². The molecular formula is C10H13N3O2. The van der Waals surface area contributed by atoms with Gasteiger partial charge in [-0.3, -0.25) is 4.79 Å². The topological polar surface area (TPSA) is 66.3 Å². The van der Waals surface area contributed by atoms with E-state index in [-0.39, 0.29) is 18.4 Å². The first-order chi connectivity index (χ1) is 7.31. The molecule has 5 nitrogen and oxygen atoms in total. The van der Waals surface area contributed by atoms with Gasteiger partial charge < -0.3 is 10.0 Å². The van der Waals surface area contributed by atoms with Gasteiger partial charge in [-0.1, -0.05) is 0 Å². The Hall–Kier alpha value is -1.49. The summed E-state index contributed by atoms with van der Waals surface area (Å²) in [5.41, 5.74) is 0.559. The SMILES string of the molecule is O=C(c1ccnnc1)N1CCC(CO)C1. The summed E-state index contributed by atoms with van der Waals surface area (Å²) in [6.07, 6.45) is 3.85. The van der Waals surface area contributed by atoms with Crippen LogP contribution in [0.4, 0.5) is 0 Å². The molecule has 1 amide bonds. The van der Waals surface area contributed by atoms with Crippen molar-refractivity contribution in [2.24, 2.45) is 5.92 Å². The number of nitrogens with zero attached hydrogens (tertiary/aromatic N) is 3. The summed E-state index contributed by atoms with van der Waals surface area (Å²) >= 11 is 0. The summed E-state index contributed by atoms with van der Waals surface area (Å²) in [6.45, 7) is 1.50. The fraction of sp³-hybridized carbons (Fsp3) is 0.500. The molecule has 1 atom stereocenters. The molecule has 15 heavy (non-hydrogen) atoms. The number of aromatic nitrogens is 2. The number of rotatable bonds is 2. The Morgan fingerprint density at radius 1 is 1.60 bits per heavy atom. The van der Waals surface area contributed by atoms with Crippen molar-refractivity contribution in [1.29, 1.82) is 0 Å². The van der Waals surface area contributed by atoms with Gasteiger partial charge in [0, 0.05) is 25.6 Å². The van der Waals surface area contributed by atoms with Crippen molar-refractivity contribution in [3.63, 3.8) is 0 Å². The first-order valence-corrected chi connectivity index (χ1v) is 4.98. The molecule has 2 heterocycles. The van der Waals surface area contributed by atoms with Gasteiger partial charge >= 0.3 is 0 Å². The molecule has 0 aliphatic carbocycles. The van der Waals surface area contributed by atoms with Crippen molar-refractivity contribution in [2.45, 2.75) is 6.42 Å². The fourth-order valence-electron chi connectivity index (χ4n) is 1.77. The predicted molar refractivity (Wildman–Crippen MR) is 53.1 cm³/mol. The molecule has 0 bridgehead atoms. The minimum absolute atomic E-state index is 0.0270. The lowest BCUT2D eigenvalue weighted by Crippen LogP contribution is -2.29. The number of carbonyl (C=O) groups excluding carboxylic acids is 1. The van der Waals surface area contributed by atoms with Crippen LogP contribution in [0.1, 0.15) is 16.8 Å². The summed E-state index contributed by atoms with van der Waals surface area (Å²) in [6, 6.07) is 1.65. The number of aliphatic hydroxyl groups excluding tert-OH is 1. The quantitative estimate of drug-likeness (QED) is 0.737. The number of aliphatic hydroxyl groups is 1. The molecule has 1 N–H and O–H groups in total. The number of hydrogen-bond donors (Lipinski definition) is 1. The zero-order valence-electron chi connectivity index (χ0n) is 8.33. The second-order valence-corrected chi connectivity index (χ2v) is 3.72. The average molecular weight is 207 g/mol. The van der Waals surface area contributed by atoms with Crippen LogP contribution in [-0.2, 0) is 0 Å². The van der Waals surface area contributed by atoms with E-state index in [1.54, 1.807) is 11.0 Å². The molecule has 0 radical (unpaired) electrons. The molecule has 1 aliphatic rings. The maximum Gasteiger partial charge on any atom is 0.255 e. The molecule has 1 aromatic rings. The zero-order valence-corrected chi connectivity index (χ0v) is 8.33. The van der Waals surface area contributed by atoms with Crippen LogP contribution in [-0.4, -0.2) is 45.8 Å². The molecule has 0 aromatic carbocycles. The summed E-state index contributed by atoms with van der Waals surface area (Å²) in [5.74, 6) is 0.199. The highest BCUT2D eigenvalue weighted by Crippen LogP contribution is 2.17. The molecule has 1 aliphatic heterocycles. The fourth-order valence-corrected chi connectivity index (χ4v) is 1.77. The third kappa shape index (κ3) is 2.12. The molecule has 0 saturated carbocycles. The van der Waals surface area contributed by atoms with E-state index in [1.165, 1.54) is 12.4 Å². The Kier molecular flexibility index (Phi) is 2.91. The van der Waals surface area contributed by atoms with Gasteiger partial charge in [-0.05, 0) is 12.5 Å². The largest absolute Gasteiger partial charge is 0.396 e. The van der Waals surface area contributed by atoms with Crippen molar-refractivity contribution in [3.05, 3.63) is 24.0 Å². The molecular weight excluding hydrogens is 194 g/mol. The lowest BCUT2D eigenvalue weighted by atomic mass is 10.1. The third-order valence-corrected chi connectivity index (χ3v) is 2.66. The zero-order chi connectivity index (χ0) is 10.7. The van der Waals surface area contributed by atoms with E-state index in [0.29, 0.717) is 18.7 Å². The van der Waals surface area contributed by atoms with E-state index in [9.17, 15) is 4.79 Å². The van der Waals surface area contributed by atoms with Crippen LogP contribution in [0.15, 0.2) is 18.5 Å². The number of hydrogen-bond acceptors (Lipinski definition) is 4. The van der Waals surface area contributed by atoms with Crippen LogP contribution in [0.2, 0.25) is 0 Å². The molecule has 1 unspecified atom stereocenters. The Bertz CT molecular complexity index is 342. The minimum Gasteiger partial charge on any atom is -0.396 e. The van der Waals surface area contributed by atoms with Crippen LogP contribution in [0.5, 0.6) is 0 Å². The van der Waals surface area contributed by atoms with Crippen molar-refractivity contribution >= 4 is 5.91 Å². The first kappa shape index (κ1) is 10.0. The minimum atomic E-state index is -0.0270. The summed E-state index contributed by atoms with van der Waals surface area (Å²) < 4.78 is 0. The van der Waals surface area contributed by atoms with E-state index < -0.39 is 0 Å². The van der Waals surface area contributed by atoms with Gasteiger partial charge in [0.2, 0.25) is 0 Å². The molecule has 1 fully saturated rings. The normalized spacial score (nSPS) is 20.6. The molecule has 2 rings (SSSR count). The molecule has 80 valence electrons.